The van der Waals surface area contributed by atoms with Gasteiger partial charge in [-0.1, -0.05) is 52.9 Å². The van der Waals surface area contributed by atoms with Crippen molar-refractivity contribution in [3.05, 3.63) is 42.6 Å². The van der Waals surface area contributed by atoms with Crippen LogP contribution in [0.2, 0.25) is 0 Å². The molecule has 1 unspecified atom stereocenters. The fourth-order valence-electron chi connectivity index (χ4n) is 2.93. The van der Waals surface area contributed by atoms with Gasteiger partial charge in [0.15, 0.2) is 0 Å². The monoisotopic (exact) mass is 369 g/mol. The maximum atomic E-state index is 5.95. The summed E-state index contributed by atoms with van der Waals surface area (Å²) in [6.07, 6.45) is 10.5. The molecule has 2 rings (SSSR count). The van der Waals surface area contributed by atoms with Gasteiger partial charge in [-0.2, -0.15) is 0 Å². The van der Waals surface area contributed by atoms with E-state index >= 15 is 0 Å². The van der Waals surface area contributed by atoms with Gasteiger partial charge in [0.25, 0.3) is 0 Å². The highest BCUT2D eigenvalue weighted by molar-refractivity contribution is 5.60. The zero-order chi connectivity index (χ0) is 19.3. The molecule has 1 aromatic heterocycles. The fourth-order valence-corrected chi connectivity index (χ4v) is 2.93. The van der Waals surface area contributed by atoms with Gasteiger partial charge in [-0.3, -0.25) is 4.98 Å². The molecule has 3 heteroatoms. The van der Waals surface area contributed by atoms with Crippen molar-refractivity contribution in [2.75, 3.05) is 13.2 Å². The Morgan fingerprint density at radius 2 is 1.56 bits per heavy atom. The lowest BCUT2D eigenvalue weighted by molar-refractivity contribution is 0.249. The smallest absolute Gasteiger partial charge is 0.137 e. The maximum Gasteiger partial charge on any atom is 0.137 e. The van der Waals surface area contributed by atoms with Gasteiger partial charge >= 0.3 is 0 Å². The number of pyridine rings is 1. The van der Waals surface area contributed by atoms with E-state index in [4.69, 9.17) is 9.47 Å². The number of unbranched alkanes of at least 4 members (excludes halogenated alkanes) is 4. The molecular weight excluding hydrogens is 334 g/mol. The molecule has 1 atom stereocenters. The van der Waals surface area contributed by atoms with Crippen molar-refractivity contribution in [2.45, 2.75) is 65.7 Å². The molecule has 0 amide bonds. The second-order valence-electron chi connectivity index (χ2n) is 7.37. The minimum Gasteiger partial charge on any atom is -0.493 e. The summed E-state index contributed by atoms with van der Waals surface area (Å²) < 4.78 is 11.6. The van der Waals surface area contributed by atoms with Crippen molar-refractivity contribution in [2.24, 2.45) is 5.92 Å². The average molecular weight is 370 g/mol. The molecule has 0 aliphatic heterocycles. The summed E-state index contributed by atoms with van der Waals surface area (Å²) in [6, 6.07) is 12.2. The zero-order valence-corrected chi connectivity index (χ0v) is 17.2. The van der Waals surface area contributed by atoms with E-state index in [1.165, 1.54) is 32.1 Å². The summed E-state index contributed by atoms with van der Waals surface area (Å²) in [5.74, 6) is 2.36. The number of hydrogen-bond donors (Lipinski definition) is 0. The van der Waals surface area contributed by atoms with Crippen LogP contribution < -0.4 is 9.47 Å². The summed E-state index contributed by atoms with van der Waals surface area (Å²) in [5, 5.41) is 0. The van der Waals surface area contributed by atoms with Crippen molar-refractivity contribution in [1.82, 2.24) is 4.98 Å². The molecule has 0 fully saturated rings. The number of hydrogen-bond acceptors (Lipinski definition) is 3. The average Bonchev–Trinajstić information content (AvgIpc) is 2.71. The van der Waals surface area contributed by atoms with Crippen molar-refractivity contribution in [1.29, 1.82) is 0 Å². The molecule has 0 aliphatic carbocycles. The molecule has 0 bridgehead atoms. The minimum atomic E-state index is 0.600. The molecule has 0 aliphatic rings. The predicted octanol–water partition coefficient (Wildman–Crippen LogP) is 6.91. The Morgan fingerprint density at radius 1 is 0.815 bits per heavy atom. The highest BCUT2D eigenvalue weighted by Gasteiger charge is 2.05. The lowest BCUT2D eigenvalue weighted by atomic mass is 10.0. The van der Waals surface area contributed by atoms with E-state index in [0.29, 0.717) is 5.92 Å². The van der Waals surface area contributed by atoms with Crippen LogP contribution in [0.3, 0.4) is 0 Å². The molecule has 0 saturated heterocycles. The fraction of sp³-hybridized carbons (Fsp3) is 0.542. The van der Waals surface area contributed by atoms with Gasteiger partial charge in [-0.15, -0.1) is 0 Å². The number of benzene rings is 1. The molecule has 1 heterocycles. The first-order valence-electron chi connectivity index (χ1n) is 10.5. The Morgan fingerprint density at radius 3 is 2.22 bits per heavy atom. The molecule has 3 nitrogen and oxygen atoms in total. The van der Waals surface area contributed by atoms with E-state index in [9.17, 15) is 0 Å². The van der Waals surface area contributed by atoms with Gasteiger partial charge in [-0.05, 0) is 55.2 Å². The van der Waals surface area contributed by atoms with Gasteiger partial charge in [0, 0.05) is 5.56 Å². The van der Waals surface area contributed by atoms with Gasteiger partial charge in [0.05, 0.1) is 25.1 Å². The number of rotatable bonds is 13. The molecule has 148 valence electrons. The first-order chi connectivity index (χ1) is 13.2. The highest BCUT2D eigenvalue weighted by Crippen LogP contribution is 2.23. The highest BCUT2D eigenvalue weighted by atomic mass is 16.5. The molecule has 1 aromatic carbocycles. The van der Waals surface area contributed by atoms with Crippen molar-refractivity contribution in [3.63, 3.8) is 0 Å². The number of ether oxygens (including phenoxy) is 2. The van der Waals surface area contributed by atoms with Crippen LogP contribution in [0.25, 0.3) is 11.3 Å². The molecular formula is C24H35NO2. The Balaban J connectivity index is 1.79. The van der Waals surface area contributed by atoms with E-state index in [0.717, 1.165) is 48.8 Å². The lowest BCUT2D eigenvalue weighted by Crippen LogP contribution is -2.08. The van der Waals surface area contributed by atoms with Crippen molar-refractivity contribution >= 4 is 0 Å². The summed E-state index contributed by atoms with van der Waals surface area (Å²) >= 11 is 0. The Hall–Kier alpha value is -2.03. The van der Waals surface area contributed by atoms with Gasteiger partial charge in [-0.25, -0.2) is 0 Å². The summed E-state index contributed by atoms with van der Waals surface area (Å²) in [7, 11) is 0. The maximum absolute atomic E-state index is 5.95. The first kappa shape index (κ1) is 21.3. The van der Waals surface area contributed by atoms with Crippen molar-refractivity contribution in [3.8, 4) is 22.8 Å². The number of aromatic nitrogens is 1. The van der Waals surface area contributed by atoms with Crippen LogP contribution in [0.4, 0.5) is 0 Å². The SMILES string of the molecule is CCCCCCC(C)COc1ccc(-c2ccc(OCCCC)cn2)cc1. The summed E-state index contributed by atoms with van der Waals surface area (Å²) in [5.41, 5.74) is 2.05. The first-order valence-corrected chi connectivity index (χ1v) is 10.5. The third-order valence-electron chi connectivity index (χ3n) is 4.74. The third-order valence-corrected chi connectivity index (χ3v) is 4.74. The second-order valence-corrected chi connectivity index (χ2v) is 7.37. The normalized spacial score (nSPS) is 12.0. The van der Waals surface area contributed by atoms with E-state index in [2.05, 4.69) is 37.9 Å². The van der Waals surface area contributed by atoms with Crippen LogP contribution >= 0.6 is 0 Å². The summed E-state index contributed by atoms with van der Waals surface area (Å²) in [6.45, 7) is 8.22. The minimum absolute atomic E-state index is 0.600. The third kappa shape index (κ3) is 8.03. The molecule has 0 N–H and O–H groups in total. The van der Waals surface area contributed by atoms with Crippen LogP contribution in [0.15, 0.2) is 42.6 Å². The quantitative estimate of drug-likeness (QED) is 0.359. The van der Waals surface area contributed by atoms with E-state index in [1.807, 2.05) is 24.3 Å². The largest absolute Gasteiger partial charge is 0.493 e. The van der Waals surface area contributed by atoms with Gasteiger partial charge in [0.1, 0.15) is 11.5 Å². The van der Waals surface area contributed by atoms with Crippen LogP contribution in [0.1, 0.15) is 65.7 Å². The van der Waals surface area contributed by atoms with E-state index in [-0.39, 0.29) is 0 Å². The Labute approximate surface area is 165 Å². The van der Waals surface area contributed by atoms with Crippen LogP contribution in [-0.4, -0.2) is 18.2 Å². The van der Waals surface area contributed by atoms with Crippen LogP contribution in [0.5, 0.6) is 11.5 Å². The van der Waals surface area contributed by atoms with Crippen LogP contribution in [0, 0.1) is 5.92 Å². The number of nitrogens with zero attached hydrogens (tertiary/aromatic N) is 1. The molecule has 0 spiro atoms. The zero-order valence-electron chi connectivity index (χ0n) is 17.2. The van der Waals surface area contributed by atoms with E-state index < -0.39 is 0 Å². The molecule has 2 aromatic rings. The van der Waals surface area contributed by atoms with Gasteiger partial charge in [0.2, 0.25) is 0 Å². The molecule has 0 radical (unpaired) electrons. The summed E-state index contributed by atoms with van der Waals surface area (Å²) in [4.78, 5) is 4.51. The predicted molar refractivity (Wildman–Crippen MR) is 113 cm³/mol. The van der Waals surface area contributed by atoms with E-state index in [1.54, 1.807) is 6.20 Å². The van der Waals surface area contributed by atoms with Gasteiger partial charge < -0.3 is 9.47 Å². The topological polar surface area (TPSA) is 31.4 Å². The Bertz CT molecular complexity index is 622. The lowest BCUT2D eigenvalue weighted by Gasteiger charge is -2.13. The standard InChI is InChI=1S/C24H35NO2/c1-4-6-8-9-10-20(3)19-27-22-13-11-21(12-14-22)24-16-15-23(18-25-24)26-17-7-5-2/h11-16,18,20H,4-10,17,19H2,1-3H3. The van der Waals surface area contributed by atoms with Crippen LogP contribution in [-0.2, 0) is 0 Å². The Kier molecular flexibility index (Phi) is 9.75. The second kappa shape index (κ2) is 12.4. The molecule has 27 heavy (non-hydrogen) atoms. The molecule has 0 saturated carbocycles. The van der Waals surface area contributed by atoms with Crippen molar-refractivity contribution < 1.29 is 9.47 Å².